The van der Waals surface area contributed by atoms with E-state index in [0.29, 0.717) is 22.1 Å². The second-order valence-electron chi connectivity index (χ2n) is 5.50. The number of thiol groups is 1. The summed E-state index contributed by atoms with van der Waals surface area (Å²) in [5.74, 6) is 0.162. The van der Waals surface area contributed by atoms with E-state index in [1.807, 2.05) is 6.07 Å². The van der Waals surface area contributed by atoms with Gasteiger partial charge in [0.05, 0.1) is 44.0 Å². The molecule has 116 valence electrons. The number of quaternary nitrogens is 1. The Labute approximate surface area is 133 Å². The second-order valence-corrected chi connectivity index (χ2v) is 6.21. The van der Waals surface area contributed by atoms with Gasteiger partial charge in [0, 0.05) is 18.0 Å². The van der Waals surface area contributed by atoms with Crippen LogP contribution in [-0.2, 0) is 0 Å². The van der Waals surface area contributed by atoms with Crippen molar-refractivity contribution in [3.8, 4) is 0 Å². The van der Waals surface area contributed by atoms with E-state index in [9.17, 15) is 4.39 Å². The van der Waals surface area contributed by atoms with Crippen molar-refractivity contribution in [1.29, 1.82) is 0 Å². The van der Waals surface area contributed by atoms with Gasteiger partial charge in [0.25, 0.3) is 0 Å². The molecule has 0 radical (unpaired) electrons. The van der Waals surface area contributed by atoms with Crippen molar-refractivity contribution in [2.75, 3.05) is 30.3 Å². The number of piperazine rings is 1. The molecule has 0 aliphatic carbocycles. The molecule has 2 aromatic heterocycles. The first-order valence-electron chi connectivity index (χ1n) is 7.04. The fraction of sp³-hybridized carbons (Fsp3) is 0.357. The number of hydrogen-bond donors (Lipinski definition) is 2. The predicted octanol–water partition coefficient (Wildman–Crippen LogP) is 1.65. The fourth-order valence-electron chi connectivity index (χ4n) is 2.69. The normalized spacial score (nSPS) is 25.2. The Hall–Kier alpha value is -1.93. The molecular formula is C14H18FN6S+. The maximum Gasteiger partial charge on any atom is 0.340 e. The Kier molecular flexibility index (Phi) is 3.88. The lowest BCUT2D eigenvalue weighted by atomic mass is 10.2. The molecule has 0 saturated carbocycles. The summed E-state index contributed by atoms with van der Waals surface area (Å²) in [6.07, 6.45) is 4.67. The molecule has 0 aromatic carbocycles. The lowest BCUT2D eigenvalue weighted by Gasteiger charge is -2.43. The molecule has 1 unspecified atom stereocenters. The van der Waals surface area contributed by atoms with Gasteiger partial charge in [-0.3, -0.25) is 0 Å². The molecule has 2 aromatic rings. The van der Waals surface area contributed by atoms with Crippen molar-refractivity contribution >= 4 is 30.1 Å². The summed E-state index contributed by atoms with van der Waals surface area (Å²) in [4.78, 5) is 14.3. The Balaban J connectivity index is 1.81. The first-order valence-corrected chi connectivity index (χ1v) is 7.44. The van der Waals surface area contributed by atoms with Crippen LogP contribution in [-0.4, -0.2) is 40.6 Å². The lowest BCUT2D eigenvalue weighted by Crippen LogP contribution is -2.61. The molecule has 6 nitrogen and oxygen atoms in total. The van der Waals surface area contributed by atoms with Crippen LogP contribution in [0.2, 0.25) is 0 Å². The summed E-state index contributed by atoms with van der Waals surface area (Å²) in [5, 5.41) is 0. The number of halogens is 1. The summed E-state index contributed by atoms with van der Waals surface area (Å²) < 4.78 is 13.6. The van der Waals surface area contributed by atoms with Gasteiger partial charge in [-0.25, -0.2) is 4.98 Å². The van der Waals surface area contributed by atoms with E-state index in [1.54, 1.807) is 12.4 Å². The Morgan fingerprint density at radius 1 is 1.36 bits per heavy atom. The smallest absolute Gasteiger partial charge is 0.340 e. The van der Waals surface area contributed by atoms with Crippen LogP contribution < -0.4 is 14.5 Å². The van der Waals surface area contributed by atoms with Crippen LogP contribution in [0.3, 0.4) is 0 Å². The molecule has 1 aliphatic rings. The van der Waals surface area contributed by atoms with E-state index in [-0.39, 0.29) is 6.04 Å². The zero-order chi connectivity index (χ0) is 15.7. The van der Waals surface area contributed by atoms with Gasteiger partial charge >= 0.3 is 5.95 Å². The SMILES string of the molecule is C[C@H]1CN(c2ccnc(F)c2)CC[N+]1(S)c1ncc(N)cn1. The van der Waals surface area contributed by atoms with Crippen molar-refractivity contribution in [2.24, 2.45) is 0 Å². The van der Waals surface area contributed by atoms with E-state index in [1.165, 1.54) is 12.3 Å². The summed E-state index contributed by atoms with van der Waals surface area (Å²) >= 11 is 4.80. The van der Waals surface area contributed by atoms with Crippen LogP contribution in [0.15, 0.2) is 30.7 Å². The van der Waals surface area contributed by atoms with Crippen LogP contribution in [0.4, 0.5) is 21.7 Å². The molecule has 8 heteroatoms. The number of nitrogens with two attached hydrogens (primary N) is 1. The fourth-order valence-corrected chi connectivity index (χ4v) is 2.96. The van der Waals surface area contributed by atoms with E-state index < -0.39 is 5.95 Å². The molecule has 1 fully saturated rings. The summed E-state index contributed by atoms with van der Waals surface area (Å²) in [6, 6.07) is 3.40. The van der Waals surface area contributed by atoms with E-state index in [2.05, 4.69) is 26.8 Å². The standard InChI is InChI=1S/C14H18FN6S/c1-10-9-20(12-2-3-17-13(15)6-12)4-5-21(10,22)14-18-7-11(16)8-19-14/h2-3,6-8,10,22H,4-5,9,16H2,1H3/q+1/t10-,21?/m0/s1. The minimum Gasteiger partial charge on any atom is -0.396 e. The molecule has 0 bridgehead atoms. The Bertz CT molecular complexity index is 667. The van der Waals surface area contributed by atoms with Crippen LogP contribution in [0, 0.1) is 5.95 Å². The molecule has 2 atom stereocenters. The molecular weight excluding hydrogens is 303 g/mol. The van der Waals surface area contributed by atoms with Crippen LogP contribution in [0.5, 0.6) is 0 Å². The number of pyridine rings is 1. The van der Waals surface area contributed by atoms with Crippen LogP contribution in [0.1, 0.15) is 6.92 Å². The Morgan fingerprint density at radius 2 is 2.09 bits per heavy atom. The highest BCUT2D eigenvalue weighted by atomic mass is 32.1. The largest absolute Gasteiger partial charge is 0.396 e. The topological polar surface area (TPSA) is 67.9 Å². The molecule has 0 spiro atoms. The zero-order valence-electron chi connectivity index (χ0n) is 12.2. The van der Waals surface area contributed by atoms with Crippen molar-refractivity contribution in [2.45, 2.75) is 13.0 Å². The summed E-state index contributed by atoms with van der Waals surface area (Å²) in [5.41, 5.74) is 7.00. The molecule has 22 heavy (non-hydrogen) atoms. The van der Waals surface area contributed by atoms with Crippen LogP contribution >= 0.6 is 12.8 Å². The highest BCUT2D eigenvalue weighted by Crippen LogP contribution is 2.31. The average Bonchev–Trinajstić information content (AvgIpc) is 2.51. The summed E-state index contributed by atoms with van der Waals surface area (Å²) in [7, 11) is 0. The average molecular weight is 321 g/mol. The molecule has 3 rings (SSSR count). The number of hydrogen-bond acceptors (Lipinski definition) is 6. The molecule has 1 saturated heterocycles. The molecule has 3 heterocycles. The van der Waals surface area contributed by atoms with Gasteiger partial charge in [-0.15, -0.1) is 0 Å². The number of anilines is 2. The third kappa shape index (κ3) is 2.71. The zero-order valence-corrected chi connectivity index (χ0v) is 13.1. The molecule has 0 amide bonds. The van der Waals surface area contributed by atoms with Crippen molar-refractivity contribution in [3.63, 3.8) is 0 Å². The van der Waals surface area contributed by atoms with E-state index in [4.69, 9.17) is 18.5 Å². The van der Waals surface area contributed by atoms with Crippen molar-refractivity contribution < 1.29 is 4.39 Å². The van der Waals surface area contributed by atoms with Gasteiger partial charge in [-0.05, 0) is 13.0 Å². The number of nitrogen functional groups attached to an aromatic ring is 1. The van der Waals surface area contributed by atoms with Gasteiger partial charge in [-0.2, -0.15) is 18.2 Å². The molecule has 2 N–H and O–H groups in total. The highest BCUT2D eigenvalue weighted by Gasteiger charge is 2.42. The van der Waals surface area contributed by atoms with Gasteiger partial charge < -0.3 is 10.6 Å². The third-order valence-corrected chi connectivity index (χ3v) is 4.78. The first-order chi connectivity index (χ1) is 10.5. The van der Waals surface area contributed by atoms with Crippen LogP contribution in [0.25, 0.3) is 0 Å². The highest BCUT2D eigenvalue weighted by molar-refractivity contribution is 7.79. The summed E-state index contributed by atoms with van der Waals surface area (Å²) in [6.45, 7) is 4.24. The lowest BCUT2D eigenvalue weighted by molar-refractivity contribution is 0.323. The predicted molar refractivity (Wildman–Crippen MR) is 88.0 cm³/mol. The minimum atomic E-state index is -0.468. The van der Waals surface area contributed by atoms with Gasteiger partial charge in [-0.1, -0.05) is 0 Å². The number of rotatable bonds is 2. The molecule has 1 aliphatic heterocycles. The van der Waals surface area contributed by atoms with E-state index >= 15 is 0 Å². The minimum absolute atomic E-state index is 0.136. The maximum atomic E-state index is 13.3. The quantitative estimate of drug-likeness (QED) is 0.500. The second kappa shape index (κ2) is 5.69. The van der Waals surface area contributed by atoms with Gasteiger partial charge in [0.15, 0.2) is 0 Å². The van der Waals surface area contributed by atoms with Crippen molar-refractivity contribution in [3.05, 3.63) is 36.7 Å². The Morgan fingerprint density at radius 3 is 2.73 bits per heavy atom. The monoisotopic (exact) mass is 321 g/mol. The van der Waals surface area contributed by atoms with Gasteiger partial charge in [0.1, 0.15) is 12.6 Å². The van der Waals surface area contributed by atoms with E-state index in [0.717, 1.165) is 18.8 Å². The van der Waals surface area contributed by atoms with Gasteiger partial charge in [0.2, 0.25) is 5.95 Å². The maximum absolute atomic E-state index is 13.3. The number of aromatic nitrogens is 3. The van der Waals surface area contributed by atoms with Crippen molar-refractivity contribution in [1.82, 2.24) is 18.8 Å². The third-order valence-electron chi connectivity index (χ3n) is 4.00. The number of nitrogens with zero attached hydrogens (tertiary/aromatic N) is 5. The first kappa shape index (κ1) is 15.0.